The Morgan fingerprint density at radius 2 is 2.25 bits per heavy atom. The van der Waals surface area contributed by atoms with Gasteiger partial charge in [0, 0.05) is 17.1 Å². The standard InChI is InChI=1S/C12H13NO3/c1-7(12(15)16)4-8-6-13-11-3-2-9(14)5-10(8)11/h2-3,5-7,13-14H,4H2,1H3,(H,15,16). The maximum atomic E-state index is 10.8. The van der Waals surface area contributed by atoms with Crippen molar-refractivity contribution in [3.63, 3.8) is 0 Å². The summed E-state index contributed by atoms with van der Waals surface area (Å²) in [7, 11) is 0. The molecule has 2 rings (SSSR count). The predicted molar refractivity (Wildman–Crippen MR) is 60.5 cm³/mol. The van der Waals surface area contributed by atoms with Gasteiger partial charge in [-0.1, -0.05) is 6.92 Å². The van der Waals surface area contributed by atoms with Crippen LogP contribution in [0.15, 0.2) is 24.4 Å². The van der Waals surface area contributed by atoms with Crippen LogP contribution in [0, 0.1) is 5.92 Å². The molecule has 1 aromatic carbocycles. The lowest BCUT2D eigenvalue weighted by Crippen LogP contribution is -2.11. The second-order valence-corrected chi connectivity index (χ2v) is 3.99. The van der Waals surface area contributed by atoms with Crippen LogP contribution in [0.4, 0.5) is 0 Å². The fraction of sp³-hybridized carbons (Fsp3) is 0.250. The Morgan fingerprint density at radius 1 is 1.50 bits per heavy atom. The van der Waals surface area contributed by atoms with Crippen LogP contribution < -0.4 is 0 Å². The number of hydrogen-bond acceptors (Lipinski definition) is 2. The van der Waals surface area contributed by atoms with Crippen LogP contribution in [0.2, 0.25) is 0 Å². The molecule has 16 heavy (non-hydrogen) atoms. The summed E-state index contributed by atoms with van der Waals surface area (Å²) < 4.78 is 0. The summed E-state index contributed by atoms with van der Waals surface area (Å²) in [5, 5.41) is 19.1. The molecule has 0 amide bonds. The van der Waals surface area contributed by atoms with Gasteiger partial charge in [0.1, 0.15) is 5.75 Å². The molecule has 1 aromatic heterocycles. The monoisotopic (exact) mass is 219 g/mol. The van der Waals surface area contributed by atoms with Gasteiger partial charge < -0.3 is 15.2 Å². The Hall–Kier alpha value is -1.97. The molecule has 1 unspecified atom stereocenters. The summed E-state index contributed by atoms with van der Waals surface area (Å²) in [5.74, 6) is -1.05. The second-order valence-electron chi connectivity index (χ2n) is 3.99. The number of aliphatic carboxylic acids is 1. The highest BCUT2D eigenvalue weighted by molar-refractivity contribution is 5.85. The van der Waals surface area contributed by atoms with Crippen molar-refractivity contribution >= 4 is 16.9 Å². The highest BCUT2D eigenvalue weighted by Gasteiger charge is 2.14. The van der Waals surface area contributed by atoms with Crippen LogP contribution in [0.25, 0.3) is 10.9 Å². The number of aromatic nitrogens is 1. The summed E-state index contributed by atoms with van der Waals surface area (Å²) in [5.41, 5.74) is 1.83. The van der Waals surface area contributed by atoms with Gasteiger partial charge in [-0.15, -0.1) is 0 Å². The first kappa shape index (κ1) is 10.5. The van der Waals surface area contributed by atoms with E-state index in [0.717, 1.165) is 16.5 Å². The van der Waals surface area contributed by atoms with E-state index in [1.54, 1.807) is 31.3 Å². The molecule has 0 spiro atoms. The van der Waals surface area contributed by atoms with E-state index in [9.17, 15) is 9.90 Å². The van der Waals surface area contributed by atoms with E-state index in [1.165, 1.54) is 0 Å². The number of carboxylic acids is 1. The van der Waals surface area contributed by atoms with Crippen LogP contribution >= 0.6 is 0 Å². The van der Waals surface area contributed by atoms with E-state index in [4.69, 9.17) is 5.11 Å². The molecule has 1 atom stereocenters. The molecule has 84 valence electrons. The Balaban J connectivity index is 2.37. The van der Waals surface area contributed by atoms with Crippen LogP contribution in [0.1, 0.15) is 12.5 Å². The van der Waals surface area contributed by atoms with E-state index < -0.39 is 11.9 Å². The molecule has 0 aliphatic carbocycles. The lowest BCUT2D eigenvalue weighted by atomic mass is 10.0. The number of rotatable bonds is 3. The van der Waals surface area contributed by atoms with Crippen molar-refractivity contribution in [2.24, 2.45) is 5.92 Å². The lowest BCUT2D eigenvalue weighted by molar-refractivity contribution is -0.141. The molecule has 4 nitrogen and oxygen atoms in total. The van der Waals surface area contributed by atoms with Gasteiger partial charge in [-0.2, -0.15) is 0 Å². The summed E-state index contributed by atoms with van der Waals surface area (Å²) in [4.78, 5) is 13.8. The molecule has 0 saturated heterocycles. The van der Waals surface area contributed by atoms with Gasteiger partial charge in [-0.3, -0.25) is 4.79 Å². The molecule has 3 N–H and O–H groups in total. The van der Waals surface area contributed by atoms with Gasteiger partial charge in [-0.25, -0.2) is 0 Å². The fourth-order valence-corrected chi connectivity index (χ4v) is 1.75. The first-order valence-corrected chi connectivity index (χ1v) is 5.09. The molecule has 0 bridgehead atoms. The van der Waals surface area contributed by atoms with Crippen LogP contribution in [0.5, 0.6) is 5.75 Å². The summed E-state index contributed by atoms with van der Waals surface area (Å²) in [6.45, 7) is 1.67. The van der Waals surface area contributed by atoms with Gasteiger partial charge in [-0.05, 0) is 30.2 Å². The van der Waals surface area contributed by atoms with E-state index in [1.807, 2.05) is 0 Å². The van der Waals surface area contributed by atoms with Crippen LogP contribution in [0.3, 0.4) is 0 Å². The van der Waals surface area contributed by atoms with E-state index >= 15 is 0 Å². The Bertz CT molecular complexity index is 530. The maximum Gasteiger partial charge on any atom is 0.306 e. The van der Waals surface area contributed by atoms with E-state index in [-0.39, 0.29) is 5.75 Å². The number of carboxylic acid groups (broad SMARTS) is 1. The molecule has 0 aliphatic rings. The number of carbonyl (C=O) groups is 1. The number of nitrogens with one attached hydrogen (secondary N) is 1. The van der Waals surface area contributed by atoms with Crippen molar-refractivity contribution in [1.29, 1.82) is 0 Å². The smallest absolute Gasteiger partial charge is 0.306 e. The summed E-state index contributed by atoms with van der Waals surface area (Å²) in [6, 6.07) is 5.03. The average Bonchev–Trinajstić information content (AvgIpc) is 2.61. The number of phenols is 1. The number of aromatic amines is 1. The minimum absolute atomic E-state index is 0.191. The first-order chi connectivity index (χ1) is 7.58. The van der Waals surface area contributed by atoms with Gasteiger partial charge in [0.15, 0.2) is 0 Å². The molecule has 0 fully saturated rings. The SMILES string of the molecule is CC(Cc1c[nH]c2ccc(O)cc12)C(=O)O. The molecule has 1 heterocycles. The van der Waals surface area contributed by atoms with Crippen molar-refractivity contribution in [2.75, 3.05) is 0 Å². The largest absolute Gasteiger partial charge is 0.508 e. The minimum atomic E-state index is -0.811. The van der Waals surface area contributed by atoms with Crippen molar-refractivity contribution < 1.29 is 15.0 Å². The third-order valence-electron chi connectivity index (χ3n) is 2.70. The third-order valence-corrected chi connectivity index (χ3v) is 2.70. The van der Waals surface area contributed by atoms with Crippen LogP contribution in [-0.2, 0) is 11.2 Å². The van der Waals surface area contributed by atoms with Crippen molar-refractivity contribution in [2.45, 2.75) is 13.3 Å². The number of fused-ring (bicyclic) bond motifs is 1. The van der Waals surface area contributed by atoms with Gasteiger partial charge in [0.25, 0.3) is 0 Å². The lowest BCUT2D eigenvalue weighted by Gasteiger charge is -2.04. The average molecular weight is 219 g/mol. The molecule has 0 saturated carbocycles. The van der Waals surface area contributed by atoms with E-state index in [2.05, 4.69) is 4.98 Å². The molecule has 2 aromatic rings. The van der Waals surface area contributed by atoms with Crippen molar-refractivity contribution in [1.82, 2.24) is 4.98 Å². The highest BCUT2D eigenvalue weighted by atomic mass is 16.4. The Morgan fingerprint density at radius 3 is 2.94 bits per heavy atom. The molecule has 0 radical (unpaired) electrons. The third kappa shape index (κ3) is 1.86. The first-order valence-electron chi connectivity index (χ1n) is 5.09. The van der Waals surface area contributed by atoms with Crippen molar-refractivity contribution in [3.05, 3.63) is 30.0 Å². The zero-order valence-corrected chi connectivity index (χ0v) is 8.90. The summed E-state index contributed by atoms with van der Waals surface area (Å²) >= 11 is 0. The van der Waals surface area contributed by atoms with Crippen molar-refractivity contribution in [3.8, 4) is 5.75 Å². The van der Waals surface area contributed by atoms with Gasteiger partial charge in [0.2, 0.25) is 0 Å². The number of H-pyrrole nitrogens is 1. The fourth-order valence-electron chi connectivity index (χ4n) is 1.75. The minimum Gasteiger partial charge on any atom is -0.508 e. The number of phenolic OH excluding ortho intramolecular Hbond substituents is 1. The van der Waals surface area contributed by atoms with Gasteiger partial charge in [0.05, 0.1) is 5.92 Å². The number of hydrogen-bond donors (Lipinski definition) is 3. The molecule has 0 aliphatic heterocycles. The highest BCUT2D eigenvalue weighted by Crippen LogP contribution is 2.24. The predicted octanol–water partition coefficient (Wildman–Crippen LogP) is 2.14. The van der Waals surface area contributed by atoms with Gasteiger partial charge >= 0.3 is 5.97 Å². The zero-order valence-electron chi connectivity index (χ0n) is 8.90. The quantitative estimate of drug-likeness (QED) is 0.740. The molecule has 4 heteroatoms. The Kier molecular flexibility index (Phi) is 2.56. The van der Waals surface area contributed by atoms with Crippen LogP contribution in [-0.4, -0.2) is 21.2 Å². The normalized spacial score (nSPS) is 12.8. The topological polar surface area (TPSA) is 73.3 Å². The zero-order chi connectivity index (χ0) is 11.7. The molecular formula is C12H13NO3. The maximum absolute atomic E-state index is 10.8. The van der Waals surface area contributed by atoms with E-state index in [0.29, 0.717) is 6.42 Å². The summed E-state index contributed by atoms with van der Waals surface area (Å²) in [6.07, 6.45) is 2.25. The second kappa shape index (κ2) is 3.89. The number of benzene rings is 1. The molecular weight excluding hydrogens is 206 g/mol. The Labute approximate surface area is 92.5 Å². The number of aromatic hydroxyl groups is 1.